The molecule has 2 aliphatic heterocycles. The molecule has 0 N–H and O–H groups in total. The lowest BCUT2D eigenvalue weighted by molar-refractivity contribution is 0.0518. The van der Waals surface area contributed by atoms with Gasteiger partial charge in [-0.2, -0.15) is 0 Å². The number of hydrogen-bond donors (Lipinski definition) is 0. The molecule has 1 unspecified atom stereocenters. The van der Waals surface area contributed by atoms with E-state index < -0.39 is 17.2 Å². The number of likely N-dealkylation sites (N-methyl/N-ethyl adjacent to an activating group) is 1. The van der Waals surface area contributed by atoms with Gasteiger partial charge in [0.2, 0.25) is 5.43 Å². The van der Waals surface area contributed by atoms with E-state index in [1.54, 1.807) is 6.92 Å². The lowest BCUT2D eigenvalue weighted by atomic mass is 10.1. The summed E-state index contributed by atoms with van der Waals surface area (Å²) in [4.78, 5) is 29.6. The molecule has 0 aliphatic carbocycles. The van der Waals surface area contributed by atoms with Gasteiger partial charge >= 0.3 is 5.97 Å². The van der Waals surface area contributed by atoms with E-state index in [4.69, 9.17) is 4.74 Å². The average molecular weight is 470 g/mol. The number of carbonyl (C=O) groups is 1. The molecule has 1 saturated heterocycles. The van der Waals surface area contributed by atoms with Crippen LogP contribution in [0.3, 0.4) is 0 Å². The summed E-state index contributed by atoms with van der Waals surface area (Å²) in [5.41, 5.74) is 0.622. The number of aromatic nitrogens is 1. The molecule has 6 nitrogen and oxygen atoms in total. The van der Waals surface area contributed by atoms with Crippen molar-refractivity contribution < 1.29 is 13.9 Å². The molecule has 4 rings (SSSR count). The number of piperazine rings is 1. The quantitative estimate of drug-likeness (QED) is 0.641. The second-order valence-electron chi connectivity index (χ2n) is 7.02. The minimum absolute atomic E-state index is 0.00361. The minimum Gasteiger partial charge on any atom is -0.462 e. The number of hydrogen-bond acceptors (Lipinski definition) is 6. The summed E-state index contributed by atoms with van der Waals surface area (Å²) in [5.74, 6) is -1.12. The molecule has 3 heterocycles. The van der Waals surface area contributed by atoms with Gasteiger partial charge in [-0.05, 0) is 42.9 Å². The normalized spacial score (nSPS) is 19.5. The number of rotatable bonds is 3. The zero-order valence-corrected chi connectivity index (χ0v) is 18.3. The molecule has 1 fully saturated rings. The SMILES string of the molecule is CCOC(=O)c1c2n(c3c(Br)c(N4CCN(C)CC4)c(F)cc3c1=O)C(C)S2. The lowest BCUT2D eigenvalue weighted by Gasteiger charge is -2.37. The third kappa shape index (κ3) is 2.95. The van der Waals surface area contributed by atoms with Gasteiger partial charge < -0.3 is 19.1 Å². The van der Waals surface area contributed by atoms with Crippen molar-refractivity contribution in [3.8, 4) is 0 Å². The van der Waals surface area contributed by atoms with E-state index in [0.29, 0.717) is 33.8 Å². The van der Waals surface area contributed by atoms with Gasteiger partial charge in [-0.1, -0.05) is 11.8 Å². The van der Waals surface area contributed by atoms with Crippen molar-refractivity contribution in [2.75, 3.05) is 44.7 Å². The zero-order chi connectivity index (χ0) is 20.2. The molecule has 0 bridgehead atoms. The topological polar surface area (TPSA) is 54.8 Å². The first kappa shape index (κ1) is 19.7. The molecule has 0 spiro atoms. The van der Waals surface area contributed by atoms with Crippen LogP contribution < -0.4 is 10.3 Å². The summed E-state index contributed by atoms with van der Waals surface area (Å²) in [5, 5.41) is 0.815. The molecule has 0 saturated carbocycles. The monoisotopic (exact) mass is 469 g/mol. The van der Waals surface area contributed by atoms with Gasteiger partial charge in [-0.3, -0.25) is 4.79 Å². The molecule has 1 aromatic heterocycles. The Morgan fingerprint density at radius 3 is 2.64 bits per heavy atom. The van der Waals surface area contributed by atoms with E-state index in [2.05, 4.69) is 20.8 Å². The molecular weight excluding hydrogens is 449 g/mol. The Morgan fingerprint density at radius 1 is 1.36 bits per heavy atom. The van der Waals surface area contributed by atoms with E-state index in [1.807, 2.05) is 23.4 Å². The summed E-state index contributed by atoms with van der Waals surface area (Å²) in [7, 11) is 2.04. The summed E-state index contributed by atoms with van der Waals surface area (Å²) in [6, 6.07) is 1.27. The summed E-state index contributed by atoms with van der Waals surface area (Å²) in [6.45, 7) is 6.96. The molecule has 150 valence electrons. The lowest BCUT2D eigenvalue weighted by Crippen LogP contribution is -2.45. The van der Waals surface area contributed by atoms with Gasteiger partial charge in [0.05, 0.1) is 38.1 Å². The maximum Gasteiger partial charge on any atom is 0.344 e. The van der Waals surface area contributed by atoms with Gasteiger partial charge in [0.1, 0.15) is 11.4 Å². The fourth-order valence-corrected chi connectivity index (χ4v) is 5.77. The number of halogens is 2. The molecule has 2 aliphatic rings. The van der Waals surface area contributed by atoms with Gasteiger partial charge in [0.25, 0.3) is 0 Å². The second-order valence-corrected chi connectivity index (χ2v) is 9.12. The number of benzene rings is 1. The Bertz CT molecular complexity index is 1030. The maximum absolute atomic E-state index is 15.1. The van der Waals surface area contributed by atoms with Crippen LogP contribution in [0.25, 0.3) is 10.9 Å². The van der Waals surface area contributed by atoms with Gasteiger partial charge in [0, 0.05) is 26.2 Å². The summed E-state index contributed by atoms with van der Waals surface area (Å²) in [6.07, 6.45) is 0. The Hall–Kier alpha value is -1.58. The van der Waals surface area contributed by atoms with Crippen LogP contribution in [0.1, 0.15) is 29.6 Å². The predicted octanol–water partition coefficient (Wildman–Crippen LogP) is 3.46. The molecule has 1 aromatic carbocycles. The number of anilines is 1. The third-order valence-electron chi connectivity index (χ3n) is 5.26. The van der Waals surface area contributed by atoms with Crippen LogP contribution in [0.4, 0.5) is 10.1 Å². The molecule has 28 heavy (non-hydrogen) atoms. The first-order valence-electron chi connectivity index (χ1n) is 9.22. The first-order valence-corrected chi connectivity index (χ1v) is 10.9. The Labute approximate surface area is 174 Å². The van der Waals surface area contributed by atoms with Gasteiger partial charge in [-0.25, -0.2) is 9.18 Å². The van der Waals surface area contributed by atoms with Crippen molar-refractivity contribution in [2.45, 2.75) is 24.2 Å². The summed E-state index contributed by atoms with van der Waals surface area (Å²) >= 11 is 5.02. The molecule has 2 aromatic rings. The number of thioether (sulfide) groups is 1. The van der Waals surface area contributed by atoms with Crippen LogP contribution >= 0.6 is 27.7 Å². The van der Waals surface area contributed by atoms with Crippen molar-refractivity contribution in [1.82, 2.24) is 9.47 Å². The maximum atomic E-state index is 15.1. The van der Waals surface area contributed by atoms with E-state index in [-0.39, 0.29) is 22.9 Å². The predicted molar refractivity (Wildman–Crippen MR) is 112 cm³/mol. The third-order valence-corrected chi connectivity index (χ3v) is 7.19. The van der Waals surface area contributed by atoms with E-state index >= 15 is 4.39 Å². The number of esters is 1. The van der Waals surface area contributed by atoms with Crippen molar-refractivity contribution in [3.05, 3.63) is 32.1 Å². The second kappa shape index (κ2) is 7.35. The highest BCUT2D eigenvalue weighted by Gasteiger charge is 2.35. The Morgan fingerprint density at radius 2 is 2.04 bits per heavy atom. The van der Waals surface area contributed by atoms with Crippen molar-refractivity contribution in [3.63, 3.8) is 0 Å². The van der Waals surface area contributed by atoms with Gasteiger partial charge in [0.15, 0.2) is 0 Å². The largest absolute Gasteiger partial charge is 0.462 e. The smallest absolute Gasteiger partial charge is 0.344 e. The van der Waals surface area contributed by atoms with Crippen LogP contribution in [0.15, 0.2) is 20.4 Å². The number of pyridine rings is 1. The van der Waals surface area contributed by atoms with Gasteiger partial charge in [-0.15, -0.1) is 0 Å². The Kier molecular flexibility index (Phi) is 5.18. The fourth-order valence-electron chi connectivity index (χ4n) is 3.79. The number of fused-ring (bicyclic) bond motifs is 3. The number of ether oxygens (including phenoxy) is 1. The van der Waals surface area contributed by atoms with Crippen LogP contribution in [0.2, 0.25) is 0 Å². The van der Waals surface area contributed by atoms with Crippen molar-refractivity contribution in [2.24, 2.45) is 0 Å². The number of carbonyl (C=O) groups excluding carboxylic acids is 1. The van der Waals surface area contributed by atoms with Crippen LogP contribution in [-0.4, -0.2) is 55.3 Å². The summed E-state index contributed by atoms with van der Waals surface area (Å²) < 4.78 is 22.7. The standard InChI is InChI=1S/C19H21BrFN3O3S/c1-4-27-19(26)13-17(25)11-9-12(21)16(23-7-5-22(3)6-8-23)14(20)15(11)24-10(2)28-18(13)24/h9-10H,4-8H2,1-3H3. The highest BCUT2D eigenvalue weighted by Crippen LogP contribution is 2.49. The highest BCUT2D eigenvalue weighted by molar-refractivity contribution is 9.10. The highest BCUT2D eigenvalue weighted by atomic mass is 79.9. The minimum atomic E-state index is -0.655. The average Bonchev–Trinajstić information content (AvgIpc) is 2.64. The fraction of sp³-hybridized carbons (Fsp3) is 0.474. The molecule has 0 amide bonds. The van der Waals surface area contributed by atoms with Crippen molar-refractivity contribution >= 4 is 50.3 Å². The molecular formula is C19H21BrFN3O3S. The number of nitrogens with zero attached hydrogens (tertiary/aromatic N) is 3. The molecule has 9 heteroatoms. The van der Waals surface area contributed by atoms with E-state index in [0.717, 1.165) is 13.1 Å². The molecule has 1 atom stereocenters. The zero-order valence-electron chi connectivity index (χ0n) is 15.9. The van der Waals surface area contributed by atoms with E-state index in [1.165, 1.54) is 17.8 Å². The first-order chi connectivity index (χ1) is 13.3. The van der Waals surface area contributed by atoms with Crippen molar-refractivity contribution in [1.29, 1.82) is 0 Å². The van der Waals surface area contributed by atoms with Crippen LogP contribution in [0.5, 0.6) is 0 Å². The van der Waals surface area contributed by atoms with E-state index in [9.17, 15) is 9.59 Å². The molecule has 0 radical (unpaired) electrons. The van der Waals surface area contributed by atoms with Crippen LogP contribution in [0, 0.1) is 5.82 Å². The van der Waals surface area contributed by atoms with Crippen LogP contribution in [-0.2, 0) is 4.74 Å². The Balaban J connectivity index is 1.96.